The van der Waals surface area contributed by atoms with Gasteiger partial charge in [0.2, 0.25) is 0 Å². The molecule has 1 aromatic carbocycles. The summed E-state index contributed by atoms with van der Waals surface area (Å²) in [7, 11) is 0. The molecular formula is C26H27F2N5O2. The van der Waals surface area contributed by atoms with E-state index in [-0.39, 0.29) is 30.0 Å². The van der Waals surface area contributed by atoms with Crippen LogP contribution in [0.15, 0.2) is 66.3 Å². The SMILES string of the molecule is CC1(F)CC=CC(C(=O)N[C@@H](CCO)Cc2cccc(N)n2)=C1c1cc(-c2ccc(F)cc2)n[nH]1. The maximum Gasteiger partial charge on any atom is 0.251 e. The van der Waals surface area contributed by atoms with E-state index >= 15 is 4.39 Å². The van der Waals surface area contributed by atoms with Crippen molar-refractivity contribution >= 4 is 17.3 Å². The van der Waals surface area contributed by atoms with Gasteiger partial charge in [0.15, 0.2) is 0 Å². The Morgan fingerprint density at radius 2 is 2.06 bits per heavy atom. The van der Waals surface area contributed by atoms with Crippen LogP contribution in [0.5, 0.6) is 0 Å². The number of nitrogens with one attached hydrogen (secondary N) is 2. The Labute approximate surface area is 201 Å². The van der Waals surface area contributed by atoms with Crippen LogP contribution in [0.25, 0.3) is 16.8 Å². The first-order valence-corrected chi connectivity index (χ1v) is 11.3. The third kappa shape index (κ3) is 5.63. The molecule has 1 aliphatic carbocycles. The van der Waals surface area contributed by atoms with Crippen molar-refractivity contribution in [2.75, 3.05) is 12.3 Å². The van der Waals surface area contributed by atoms with Crippen LogP contribution in [-0.4, -0.2) is 44.5 Å². The first kappa shape index (κ1) is 24.3. The summed E-state index contributed by atoms with van der Waals surface area (Å²) < 4.78 is 29.0. The maximum absolute atomic E-state index is 15.7. The zero-order valence-electron chi connectivity index (χ0n) is 19.3. The normalized spacial score (nSPS) is 18.5. The highest BCUT2D eigenvalue weighted by Gasteiger charge is 2.36. The fourth-order valence-electron chi connectivity index (χ4n) is 4.21. The van der Waals surface area contributed by atoms with Crippen molar-refractivity contribution < 1.29 is 18.7 Å². The standard InChI is InChI=1S/C26H27F2N5O2/c1-26(28)12-3-5-20(24(26)22-15-21(32-33-22)16-7-9-17(27)10-8-16)25(35)31-19(11-13-34)14-18-4-2-6-23(29)30-18/h2-10,15,19,34H,11-14H2,1H3,(H2,29,30)(H,31,35)(H,32,33)/t19-,26?/m0/s1. The first-order valence-electron chi connectivity index (χ1n) is 11.3. The van der Waals surface area contributed by atoms with Gasteiger partial charge in [-0.25, -0.2) is 13.8 Å². The number of carbonyl (C=O) groups excluding carboxylic acids is 1. The molecule has 9 heteroatoms. The minimum atomic E-state index is -1.82. The largest absolute Gasteiger partial charge is 0.396 e. The third-order valence-electron chi connectivity index (χ3n) is 5.90. The minimum absolute atomic E-state index is 0.0945. The maximum atomic E-state index is 15.7. The number of hydrogen-bond acceptors (Lipinski definition) is 5. The summed E-state index contributed by atoms with van der Waals surface area (Å²) in [6.07, 6.45) is 3.96. The van der Waals surface area contributed by atoms with Gasteiger partial charge < -0.3 is 16.2 Å². The lowest BCUT2D eigenvalue weighted by atomic mass is 9.83. The Morgan fingerprint density at radius 3 is 2.77 bits per heavy atom. The number of carbonyl (C=O) groups is 1. The van der Waals surface area contributed by atoms with E-state index in [1.165, 1.54) is 19.1 Å². The number of benzene rings is 1. The highest BCUT2D eigenvalue weighted by Crippen LogP contribution is 2.40. The lowest BCUT2D eigenvalue weighted by Gasteiger charge is -2.28. The molecule has 7 nitrogen and oxygen atoms in total. The molecule has 0 fully saturated rings. The summed E-state index contributed by atoms with van der Waals surface area (Å²) in [5.74, 6) is -0.480. The number of nitrogens with zero attached hydrogens (tertiary/aromatic N) is 2. The fraction of sp³-hybridized carbons (Fsp3) is 0.269. The molecule has 1 amide bonds. The number of rotatable bonds is 8. The van der Waals surface area contributed by atoms with Crippen LogP contribution in [0.3, 0.4) is 0 Å². The molecule has 4 rings (SSSR count). The molecule has 0 saturated carbocycles. The van der Waals surface area contributed by atoms with E-state index < -0.39 is 17.6 Å². The molecule has 0 spiro atoms. The second-order valence-electron chi connectivity index (χ2n) is 8.71. The van der Waals surface area contributed by atoms with Crippen LogP contribution < -0.4 is 11.1 Å². The van der Waals surface area contributed by atoms with Crippen molar-refractivity contribution in [2.24, 2.45) is 0 Å². The van der Waals surface area contributed by atoms with Crippen molar-refractivity contribution in [1.29, 1.82) is 0 Å². The van der Waals surface area contributed by atoms with Gasteiger partial charge >= 0.3 is 0 Å². The Bertz CT molecular complexity index is 1260. The number of allylic oxidation sites excluding steroid dienone is 2. The van der Waals surface area contributed by atoms with Crippen molar-refractivity contribution in [2.45, 2.75) is 37.9 Å². The van der Waals surface area contributed by atoms with Crippen LogP contribution in [0.1, 0.15) is 31.2 Å². The third-order valence-corrected chi connectivity index (χ3v) is 5.90. The number of hydrogen-bond donors (Lipinski definition) is 4. The molecule has 3 aromatic rings. The summed E-state index contributed by atoms with van der Waals surface area (Å²) >= 11 is 0. The summed E-state index contributed by atoms with van der Waals surface area (Å²) in [6.45, 7) is 1.27. The van der Waals surface area contributed by atoms with Crippen LogP contribution in [0.4, 0.5) is 14.6 Å². The van der Waals surface area contributed by atoms with E-state index in [0.29, 0.717) is 41.3 Å². The number of aliphatic hydroxyl groups is 1. The van der Waals surface area contributed by atoms with Gasteiger partial charge in [0.1, 0.15) is 17.3 Å². The minimum Gasteiger partial charge on any atom is -0.396 e. The van der Waals surface area contributed by atoms with E-state index in [1.54, 1.807) is 48.6 Å². The Balaban J connectivity index is 1.64. The number of amides is 1. The molecule has 35 heavy (non-hydrogen) atoms. The molecule has 1 unspecified atom stereocenters. The van der Waals surface area contributed by atoms with Gasteiger partial charge in [-0.05, 0) is 55.8 Å². The smallest absolute Gasteiger partial charge is 0.251 e. The zero-order valence-corrected chi connectivity index (χ0v) is 19.3. The summed E-state index contributed by atoms with van der Waals surface area (Å²) in [6, 6.07) is 12.2. The quantitative estimate of drug-likeness (QED) is 0.393. The number of aliphatic hydroxyl groups excluding tert-OH is 1. The molecule has 2 atom stereocenters. The van der Waals surface area contributed by atoms with Crippen molar-refractivity contribution in [3.8, 4) is 11.3 Å². The number of nitrogen functional groups attached to an aromatic ring is 1. The number of alkyl halides is 1. The number of aromatic nitrogens is 3. The lowest BCUT2D eigenvalue weighted by molar-refractivity contribution is -0.118. The molecule has 2 heterocycles. The second kappa shape index (κ2) is 10.2. The van der Waals surface area contributed by atoms with E-state index in [4.69, 9.17) is 5.73 Å². The Morgan fingerprint density at radius 1 is 1.29 bits per heavy atom. The van der Waals surface area contributed by atoms with Crippen molar-refractivity contribution in [3.63, 3.8) is 0 Å². The molecule has 1 aliphatic rings. The van der Waals surface area contributed by atoms with Gasteiger partial charge in [-0.3, -0.25) is 9.89 Å². The molecule has 182 valence electrons. The van der Waals surface area contributed by atoms with Crippen LogP contribution in [-0.2, 0) is 11.2 Å². The monoisotopic (exact) mass is 479 g/mol. The predicted octanol–water partition coefficient (Wildman–Crippen LogP) is 3.74. The lowest BCUT2D eigenvalue weighted by Crippen LogP contribution is -2.39. The zero-order chi connectivity index (χ0) is 25.0. The predicted molar refractivity (Wildman–Crippen MR) is 130 cm³/mol. The number of H-pyrrole nitrogens is 1. The molecule has 0 bridgehead atoms. The molecular weight excluding hydrogens is 452 g/mol. The Kier molecular flexibility index (Phi) is 7.07. The number of anilines is 1. The fourth-order valence-corrected chi connectivity index (χ4v) is 4.21. The van der Waals surface area contributed by atoms with Gasteiger partial charge in [0, 0.05) is 47.9 Å². The van der Waals surface area contributed by atoms with Gasteiger partial charge in [0.25, 0.3) is 5.91 Å². The number of aromatic amines is 1. The second-order valence-corrected chi connectivity index (χ2v) is 8.71. The average Bonchev–Trinajstić information content (AvgIpc) is 3.28. The van der Waals surface area contributed by atoms with Gasteiger partial charge in [-0.15, -0.1) is 0 Å². The number of halogens is 2. The van der Waals surface area contributed by atoms with Gasteiger partial charge in [0.05, 0.1) is 11.4 Å². The van der Waals surface area contributed by atoms with Crippen LogP contribution in [0.2, 0.25) is 0 Å². The summed E-state index contributed by atoms with van der Waals surface area (Å²) in [5, 5.41) is 19.5. The van der Waals surface area contributed by atoms with Crippen LogP contribution >= 0.6 is 0 Å². The van der Waals surface area contributed by atoms with E-state index in [9.17, 15) is 14.3 Å². The van der Waals surface area contributed by atoms with Gasteiger partial charge in [-0.2, -0.15) is 5.10 Å². The molecule has 0 radical (unpaired) electrons. The summed E-state index contributed by atoms with van der Waals surface area (Å²) in [5.41, 5.74) is 6.48. The van der Waals surface area contributed by atoms with Crippen molar-refractivity contribution in [3.05, 3.63) is 83.5 Å². The highest BCUT2D eigenvalue weighted by molar-refractivity contribution is 6.05. The van der Waals surface area contributed by atoms with Crippen molar-refractivity contribution in [1.82, 2.24) is 20.5 Å². The summed E-state index contributed by atoms with van der Waals surface area (Å²) in [4.78, 5) is 17.6. The number of pyridine rings is 1. The average molecular weight is 480 g/mol. The van der Waals surface area contributed by atoms with E-state index in [0.717, 1.165) is 0 Å². The first-order chi connectivity index (χ1) is 16.8. The molecule has 5 N–H and O–H groups in total. The molecule has 0 aliphatic heterocycles. The number of nitrogens with two attached hydrogens (primary N) is 1. The molecule has 0 saturated heterocycles. The topological polar surface area (TPSA) is 117 Å². The van der Waals surface area contributed by atoms with Gasteiger partial charge in [-0.1, -0.05) is 18.2 Å². The van der Waals surface area contributed by atoms with E-state index in [2.05, 4.69) is 20.5 Å². The highest BCUT2D eigenvalue weighted by atomic mass is 19.1. The Hall–Kier alpha value is -3.85. The molecule has 2 aromatic heterocycles. The van der Waals surface area contributed by atoms with Crippen LogP contribution in [0, 0.1) is 5.82 Å². The van der Waals surface area contributed by atoms with E-state index in [1.807, 2.05) is 0 Å².